The first-order chi connectivity index (χ1) is 13.0. The fraction of sp³-hybridized carbons (Fsp3) is 0.381. The lowest BCUT2D eigenvalue weighted by Gasteiger charge is -2.22. The molecular formula is C21H24N4O2. The van der Waals surface area contributed by atoms with Gasteiger partial charge in [0.1, 0.15) is 18.2 Å². The normalized spacial score (nSPS) is 14.5. The van der Waals surface area contributed by atoms with Crippen LogP contribution in [-0.4, -0.2) is 33.5 Å². The van der Waals surface area contributed by atoms with E-state index >= 15 is 0 Å². The van der Waals surface area contributed by atoms with E-state index in [0.717, 1.165) is 29.1 Å². The van der Waals surface area contributed by atoms with Crippen molar-refractivity contribution in [3.63, 3.8) is 0 Å². The van der Waals surface area contributed by atoms with Gasteiger partial charge in [-0.2, -0.15) is 0 Å². The van der Waals surface area contributed by atoms with Gasteiger partial charge in [-0.3, -0.25) is 9.20 Å². The number of para-hydroxylation sites is 1. The molecule has 140 valence electrons. The topological polar surface area (TPSA) is 68.5 Å². The molecule has 0 radical (unpaired) electrons. The number of ether oxygens (including phenoxy) is 1. The Kier molecular flexibility index (Phi) is 4.44. The summed E-state index contributed by atoms with van der Waals surface area (Å²) in [5, 5.41) is 12.0. The van der Waals surface area contributed by atoms with Gasteiger partial charge in [0.05, 0.1) is 5.56 Å². The van der Waals surface area contributed by atoms with Gasteiger partial charge < -0.3 is 10.1 Å². The number of fused-ring (bicyclic) bond motifs is 2. The molecule has 3 heterocycles. The molecule has 0 amide bonds. The number of hydrogen-bond acceptors (Lipinski definition) is 5. The van der Waals surface area contributed by atoms with Crippen LogP contribution in [0.3, 0.4) is 0 Å². The Balaban J connectivity index is 1.67. The largest absolute Gasteiger partial charge is 0.491 e. The summed E-state index contributed by atoms with van der Waals surface area (Å²) in [4.78, 5) is 13.2. The lowest BCUT2D eigenvalue weighted by Crippen LogP contribution is -2.25. The van der Waals surface area contributed by atoms with Gasteiger partial charge in [0.25, 0.3) is 0 Å². The van der Waals surface area contributed by atoms with Gasteiger partial charge >= 0.3 is 0 Å². The van der Waals surface area contributed by atoms with Crippen molar-refractivity contribution in [2.24, 2.45) is 0 Å². The summed E-state index contributed by atoms with van der Waals surface area (Å²) in [6.07, 6.45) is 2.28. The SMILES string of the molecule is Cc1cccn2c(C(C)(C)CC(=O)c3cccc4c3OCCNC4)nnc12. The van der Waals surface area contributed by atoms with Crippen molar-refractivity contribution < 1.29 is 9.53 Å². The van der Waals surface area contributed by atoms with Gasteiger partial charge in [-0.15, -0.1) is 10.2 Å². The van der Waals surface area contributed by atoms with Gasteiger partial charge in [0, 0.05) is 36.7 Å². The fourth-order valence-electron chi connectivity index (χ4n) is 3.65. The number of ketones is 1. The zero-order valence-electron chi connectivity index (χ0n) is 16.0. The number of nitrogens with zero attached hydrogens (tertiary/aromatic N) is 3. The number of rotatable bonds is 4. The van der Waals surface area contributed by atoms with E-state index in [4.69, 9.17) is 4.74 Å². The van der Waals surface area contributed by atoms with Crippen molar-refractivity contribution in [3.05, 3.63) is 59.0 Å². The minimum absolute atomic E-state index is 0.0585. The molecule has 0 saturated heterocycles. The average Bonchev–Trinajstić information content (AvgIpc) is 2.94. The molecule has 0 aliphatic carbocycles. The molecule has 0 bridgehead atoms. The van der Waals surface area contributed by atoms with Crippen molar-refractivity contribution in [3.8, 4) is 5.75 Å². The Morgan fingerprint density at radius 3 is 2.96 bits per heavy atom. The quantitative estimate of drug-likeness (QED) is 0.721. The number of aromatic nitrogens is 3. The smallest absolute Gasteiger partial charge is 0.167 e. The van der Waals surface area contributed by atoms with Crippen molar-refractivity contribution >= 4 is 11.4 Å². The van der Waals surface area contributed by atoms with E-state index in [1.165, 1.54) is 0 Å². The average molecular weight is 364 g/mol. The van der Waals surface area contributed by atoms with Crippen LogP contribution < -0.4 is 10.1 Å². The zero-order chi connectivity index (χ0) is 19.0. The van der Waals surface area contributed by atoms with Crippen molar-refractivity contribution in [2.75, 3.05) is 13.2 Å². The van der Waals surface area contributed by atoms with Gasteiger partial charge in [0.15, 0.2) is 11.4 Å². The molecule has 3 aromatic rings. The Bertz CT molecular complexity index is 1010. The summed E-state index contributed by atoms with van der Waals surface area (Å²) in [5.74, 6) is 1.56. The molecule has 6 heteroatoms. The van der Waals surface area contributed by atoms with E-state index in [1.807, 2.05) is 61.7 Å². The first-order valence-corrected chi connectivity index (χ1v) is 9.27. The Labute approximate surface area is 158 Å². The van der Waals surface area contributed by atoms with Gasteiger partial charge in [-0.1, -0.05) is 32.0 Å². The summed E-state index contributed by atoms with van der Waals surface area (Å²) < 4.78 is 7.86. The van der Waals surface area contributed by atoms with Crippen LogP contribution in [0.5, 0.6) is 5.75 Å². The predicted molar refractivity (Wildman–Crippen MR) is 103 cm³/mol. The van der Waals surface area contributed by atoms with E-state index in [0.29, 0.717) is 30.9 Å². The molecule has 0 spiro atoms. The van der Waals surface area contributed by atoms with Crippen LogP contribution in [0.2, 0.25) is 0 Å². The molecule has 4 rings (SSSR count). The predicted octanol–water partition coefficient (Wildman–Crippen LogP) is 3.07. The molecule has 1 aliphatic heterocycles. The molecule has 0 unspecified atom stereocenters. The molecule has 1 aromatic carbocycles. The summed E-state index contributed by atoms with van der Waals surface area (Å²) in [6.45, 7) is 8.14. The van der Waals surface area contributed by atoms with E-state index in [1.54, 1.807) is 0 Å². The van der Waals surface area contributed by atoms with Gasteiger partial charge in [-0.05, 0) is 24.6 Å². The van der Waals surface area contributed by atoms with E-state index in [-0.39, 0.29) is 5.78 Å². The third-order valence-corrected chi connectivity index (χ3v) is 5.08. The summed E-state index contributed by atoms with van der Waals surface area (Å²) in [6, 6.07) is 9.77. The number of carbonyl (C=O) groups is 1. The second-order valence-electron chi connectivity index (χ2n) is 7.71. The molecule has 0 atom stereocenters. The third-order valence-electron chi connectivity index (χ3n) is 5.08. The van der Waals surface area contributed by atoms with Crippen molar-refractivity contribution in [1.29, 1.82) is 0 Å². The van der Waals surface area contributed by atoms with Crippen molar-refractivity contribution in [1.82, 2.24) is 19.9 Å². The molecule has 1 N–H and O–H groups in total. The lowest BCUT2D eigenvalue weighted by atomic mass is 9.84. The van der Waals surface area contributed by atoms with E-state index in [9.17, 15) is 4.79 Å². The summed E-state index contributed by atoms with van der Waals surface area (Å²) in [5.41, 5.74) is 3.10. The highest BCUT2D eigenvalue weighted by atomic mass is 16.5. The van der Waals surface area contributed by atoms with Crippen LogP contribution in [0.1, 0.15) is 47.6 Å². The van der Waals surface area contributed by atoms with Crippen LogP contribution in [-0.2, 0) is 12.0 Å². The highest BCUT2D eigenvalue weighted by Crippen LogP contribution is 2.32. The van der Waals surface area contributed by atoms with Crippen LogP contribution in [0.25, 0.3) is 5.65 Å². The second kappa shape index (κ2) is 6.78. The monoisotopic (exact) mass is 364 g/mol. The number of Topliss-reactive ketones (excluding diaryl/α,β-unsaturated/α-hetero) is 1. The molecule has 0 fully saturated rings. The first-order valence-electron chi connectivity index (χ1n) is 9.27. The van der Waals surface area contributed by atoms with E-state index < -0.39 is 5.41 Å². The Morgan fingerprint density at radius 2 is 2.11 bits per heavy atom. The highest BCUT2D eigenvalue weighted by molar-refractivity contribution is 5.99. The molecular weight excluding hydrogens is 340 g/mol. The number of carbonyl (C=O) groups excluding carboxylic acids is 1. The van der Waals surface area contributed by atoms with Crippen LogP contribution in [0.15, 0.2) is 36.5 Å². The van der Waals surface area contributed by atoms with Crippen LogP contribution >= 0.6 is 0 Å². The number of pyridine rings is 1. The molecule has 0 saturated carbocycles. The number of benzene rings is 1. The lowest BCUT2D eigenvalue weighted by molar-refractivity contribution is 0.0951. The number of nitrogens with one attached hydrogen (secondary N) is 1. The Hall–Kier alpha value is -2.73. The minimum atomic E-state index is -0.462. The van der Waals surface area contributed by atoms with Crippen molar-refractivity contribution in [2.45, 2.75) is 39.2 Å². The fourth-order valence-corrected chi connectivity index (χ4v) is 3.65. The van der Waals surface area contributed by atoms with E-state index in [2.05, 4.69) is 15.5 Å². The maximum atomic E-state index is 13.2. The Morgan fingerprint density at radius 1 is 1.26 bits per heavy atom. The summed E-state index contributed by atoms with van der Waals surface area (Å²) in [7, 11) is 0. The number of hydrogen-bond donors (Lipinski definition) is 1. The zero-order valence-corrected chi connectivity index (χ0v) is 16.0. The number of aryl methyl sites for hydroxylation is 1. The third kappa shape index (κ3) is 3.21. The molecule has 2 aromatic heterocycles. The van der Waals surface area contributed by atoms with Gasteiger partial charge in [-0.25, -0.2) is 0 Å². The van der Waals surface area contributed by atoms with Crippen LogP contribution in [0, 0.1) is 6.92 Å². The standard InChI is InChI=1S/C21H24N4O2/c1-14-6-5-10-25-19(14)23-24-20(25)21(2,3)12-17(26)16-8-4-7-15-13-22-9-11-27-18(15)16/h4-8,10,22H,9,11-13H2,1-3H3. The van der Waals surface area contributed by atoms with Crippen LogP contribution in [0.4, 0.5) is 0 Å². The molecule has 6 nitrogen and oxygen atoms in total. The van der Waals surface area contributed by atoms with Gasteiger partial charge in [0.2, 0.25) is 0 Å². The second-order valence-corrected chi connectivity index (χ2v) is 7.71. The highest BCUT2D eigenvalue weighted by Gasteiger charge is 2.31. The first kappa shape index (κ1) is 17.7. The molecule has 1 aliphatic rings. The minimum Gasteiger partial charge on any atom is -0.491 e. The maximum absolute atomic E-state index is 13.2. The summed E-state index contributed by atoms with van der Waals surface area (Å²) >= 11 is 0. The molecule has 27 heavy (non-hydrogen) atoms. The maximum Gasteiger partial charge on any atom is 0.167 e.